The molecule has 0 saturated carbocycles. The molecule has 1 unspecified atom stereocenters. The molecule has 4 heteroatoms. The molecule has 0 bridgehead atoms. The first-order valence-corrected chi connectivity index (χ1v) is 9.63. The van der Waals surface area contributed by atoms with Crippen LogP contribution in [-0.2, 0) is 11.3 Å². The fourth-order valence-corrected chi connectivity index (χ4v) is 3.60. The highest BCUT2D eigenvalue weighted by Crippen LogP contribution is 2.38. The molecule has 0 spiro atoms. The number of carboxylic acids is 1. The quantitative estimate of drug-likeness (QED) is 0.482. The predicted molar refractivity (Wildman–Crippen MR) is 115 cm³/mol. The van der Waals surface area contributed by atoms with Gasteiger partial charge in [0.2, 0.25) is 0 Å². The second-order valence-electron chi connectivity index (χ2n) is 7.04. The maximum Gasteiger partial charge on any atom is 0.312 e. The van der Waals surface area contributed by atoms with Gasteiger partial charge in [0.25, 0.3) is 0 Å². The second kappa shape index (κ2) is 8.15. The molecule has 1 heterocycles. The van der Waals surface area contributed by atoms with E-state index in [0.29, 0.717) is 12.2 Å². The highest BCUT2D eigenvalue weighted by atomic mass is 16.4. The number of aliphatic carboxylic acids is 1. The van der Waals surface area contributed by atoms with Crippen molar-refractivity contribution in [1.82, 2.24) is 9.78 Å². The lowest BCUT2D eigenvalue weighted by Gasteiger charge is -2.14. The van der Waals surface area contributed by atoms with Crippen molar-refractivity contribution >= 4 is 5.97 Å². The molecular formula is C25H22N2O2. The minimum absolute atomic E-state index is 0.514. The van der Waals surface area contributed by atoms with Gasteiger partial charge in [0.15, 0.2) is 0 Å². The number of rotatable bonds is 6. The van der Waals surface area contributed by atoms with Crippen LogP contribution < -0.4 is 0 Å². The van der Waals surface area contributed by atoms with E-state index in [2.05, 4.69) is 0 Å². The van der Waals surface area contributed by atoms with Crippen LogP contribution in [0.4, 0.5) is 0 Å². The van der Waals surface area contributed by atoms with Crippen molar-refractivity contribution in [2.24, 2.45) is 0 Å². The van der Waals surface area contributed by atoms with Crippen LogP contribution in [0.3, 0.4) is 0 Å². The third-order valence-electron chi connectivity index (χ3n) is 5.06. The summed E-state index contributed by atoms with van der Waals surface area (Å²) in [5.41, 5.74) is 5.41. The summed E-state index contributed by atoms with van der Waals surface area (Å²) in [6.07, 6.45) is 0. The topological polar surface area (TPSA) is 55.1 Å². The molecule has 0 amide bonds. The Kier molecular flexibility index (Phi) is 5.25. The van der Waals surface area contributed by atoms with E-state index in [9.17, 15) is 9.90 Å². The van der Waals surface area contributed by atoms with Crippen molar-refractivity contribution in [1.29, 1.82) is 0 Å². The Bertz CT molecular complexity index is 1100. The van der Waals surface area contributed by atoms with Gasteiger partial charge in [0, 0.05) is 11.1 Å². The molecule has 0 fully saturated rings. The van der Waals surface area contributed by atoms with Crippen LogP contribution >= 0.6 is 0 Å². The summed E-state index contributed by atoms with van der Waals surface area (Å²) in [5, 5.41) is 14.7. The number of aromatic nitrogens is 2. The Balaban J connectivity index is 1.98. The summed E-state index contributed by atoms with van der Waals surface area (Å²) in [7, 11) is 0. The van der Waals surface area contributed by atoms with Crippen LogP contribution in [0, 0.1) is 0 Å². The van der Waals surface area contributed by atoms with Crippen LogP contribution in [0.5, 0.6) is 0 Å². The molecular weight excluding hydrogens is 360 g/mol. The van der Waals surface area contributed by atoms with Gasteiger partial charge in [-0.3, -0.25) is 9.48 Å². The molecule has 0 aliphatic rings. The van der Waals surface area contributed by atoms with Gasteiger partial charge < -0.3 is 5.11 Å². The summed E-state index contributed by atoms with van der Waals surface area (Å²) < 4.78 is 1.85. The van der Waals surface area contributed by atoms with Crippen molar-refractivity contribution in [3.63, 3.8) is 0 Å². The molecule has 144 valence electrons. The van der Waals surface area contributed by atoms with Crippen LogP contribution in [0.15, 0.2) is 91.0 Å². The smallest absolute Gasteiger partial charge is 0.312 e. The Morgan fingerprint density at radius 1 is 0.862 bits per heavy atom. The molecule has 0 radical (unpaired) electrons. The third kappa shape index (κ3) is 3.83. The van der Waals surface area contributed by atoms with Gasteiger partial charge in [-0.25, -0.2) is 0 Å². The van der Waals surface area contributed by atoms with Crippen LogP contribution in [0.2, 0.25) is 0 Å². The average Bonchev–Trinajstić information content (AvgIpc) is 3.14. The van der Waals surface area contributed by atoms with E-state index in [4.69, 9.17) is 5.10 Å². The maximum absolute atomic E-state index is 12.0. The first-order chi connectivity index (χ1) is 14.1. The van der Waals surface area contributed by atoms with Gasteiger partial charge in [0.1, 0.15) is 5.69 Å². The summed E-state index contributed by atoms with van der Waals surface area (Å²) in [6, 6.07) is 29.8. The molecule has 29 heavy (non-hydrogen) atoms. The van der Waals surface area contributed by atoms with Gasteiger partial charge in [-0.05, 0) is 18.1 Å². The molecule has 4 nitrogen and oxygen atoms in total. The zero-order valence-corrected chi connectivity index (χ0v) is 16.2. The monoisotopic (exact) mass is 382 g/mol. The lowest BCUT2D eigenvalue weighted by atomic mass is 9.93. The normalized spacial score (nSPS) is 11.9. The van der Waals surface area contributed by atoms with Crippen LogP contribution in [0.25, 0.3) is 22.4 Å². The Hall–Kier alpha value is -3.66. The first kappa shape index (κ1) is 18.7. The van der Waals surface area contributed by atoms with Crippen LogP contribution in [-0.4, -0.2) is 20.9 Å². The molecule has 1 aromatic heterocycles. The molecule has 4 aromatic rings. The lowest BCUT2D eigenvalue weighted by molar-refractivity contribution is -0.138. The first-order valence-electron chi connectivity index (χ1n) is 9.63. The van der Waals surface area contributed by atoms with Crippen molar-refractivity contribution < 1.29 is 9.90 Å². The van der Waals surface area contributed by atoms with E-state index in [1.807, 2.05) is 95.7 Å². The van der Waals surface area contributed by atoms with Gasteiger partial charge >= 0.3 is 5.97 Å². The third-order valence-corrected chi connectivity index (χ3v) is 5.06. The van der Waals surface area contributed by atoms with Crippen molar-refractivity contribution in [2.75, 3.05) is 0 Å². The molecule has 0 aliphatic heterocycles. The molecule has 1 N–H and O–H groups in total. The standard InChI is InChI=1S/C25H22N2O2/c1-18(25(28)29)24-22(20-13-7-3-8-14-20)23(21-15-9-4-10-16-21)26-27(24)17-19-11-5-2-6-12-19/h2-16,18H,17H2,1H3,(H,28,29). The zero-order chi connectivity index (χ0) is 20.2. The van der Waals surface area contributed by atoms with Crippen molar-refractivity contribution in [3.8, 4) is 22.4 Å². The fourth-order valence-electron chi connectivity index (χ4n) is 3.60. The Morgan fingerprint density at radius 3 is 1.93 bits per heavy atom. The van der Waals surface area contributed by atoms with E-state index in [1.54, 1.807) is 6.92 Å². The molecule has 0 saturated heterocycles. The predicted octanol–water partition coefficient (Wildman–Crippen LogP) is 5.45. The lowest BCUT2D eigenvalue weighted by Crippen LogP contribution is -2.15. The largest absolute Gasteiger partial charge is 0.481 e. The number of nitrogens with zero attached hydrogens (tertiary/aromatic N) is 2. The Morgan fingerprint density at radius 2 is 1.38 bits per heavy atom. The molecule has 4 rings (SSSR count). The highest BCUT2D eigenvalue weighted by molar-refractivity contribution is 5.87. The summed E-state index contributed by atoms with van der Waals surface area (Å²) in [6.45, 7) is 2.24. The van der Waals surface area contributed by atoms with Gasteiger partial charge in [-0.2, -0.15) is 5.10 Å². The highest BCUT2D eigenvalue weighted by Gasteiger charge is 2.28. The maximum atomic E-state index is 12.0. The minimum Gasteiger partial charge on any atom is -0.481 e. The van der Waals surface area contributed by atoms with E-state index < -0.39 is 11.9 Å². The number of hydrogen-bond donors (Lipinski definition) is 1. The van der Waals surface area contributed by atoms with E-state index in [0.717, 1.165) is 27.9 Å². The van der Waals surface area contributed by atoms with Gasteiger partial charge in [-0.1, -0.05) is 91.0 Å². The van der Waals surface area contributed by atoms with E-state index in [1.165, 1.54) is 0 Å². The number of carboxylic acid groups (broad SMARTS) is 1. The zero-order valence-electron chi connectivity index (χ0n) is 16.2. The molecule has 3 aromatic carbocycles. The van der Waals surface area contributed by atoms with Crippen LogP contribution in [0.1, 0.15) is 24.1 Å². The minimum atomic E-state index is -0.865. The fraction of sp³-hybridized carbons (Fsp3) is 0.120. The number of hydrogen-bond acceptors (Lipinski definition) is 2. The van der Waals surface area contributed by atoms with E-state index in [-0.39, 0.29) is 0 Å². The van der Waals surface area contributed by atoms with Crippen molar-refractivity contribution in [3.05, 3.63) is 102 Å². The number of benzene rings is 3. The van der Waals surface area contributed by atoms with E-state index >= 15 is 0 Å². The second-order valence-corrected chi connectivity index (χ2v) is 7.04. The average molecular weight is 382 g/mol. The molecule has 1 atom stereocenters. The summed E-state index contributed by atoms with van der Waals surface area (Å²) in [4.78, 5) is 12.0. The van der Waals surface area contributed by atoms with Gasteiger partial charge in [0.05, 0.1) is 18.2 Å². The Labute approximate surface area is 170 Å². The summed E-state index contributed by atoms with van der Waals surface area (Å²) >= 11 is 0. The summed E-state index contributed by atoms with van der Waals surface area (Å²) in [5.74, 6) is -1.56. The SMILES string of the molecule is CC(C(=O)O)c1c(-c2ccccc2)c(-c2ccccc2)nn1Cc1ccccc1. The van der Waals surface area contributed by atoms with Gasteiger partial charge in [-0.15, -0.1) is 0 Å². The number of carbonyl (C=O) groups is 1. The van der Waals surface area contributed by atoms with Crippen molar-refractivity contribution in [2.45, 2.75) is 19.4 Å². The molecule has 0 aliphatic carbocycles.